The van der Waals surface area contributed by atoms with Crippen molar-refractivity contribution >= 4 is 19.4 Å². The van der Waals surface area contributed by atoms with Gasteiger partial charge in [0.15, 0.2) is 5.75 Å². The third-order valence-corrected chi connectivity index (χ3v) is 6.73. The Hall–Kier alpha value is -3.60. The zero-order valence-electron chi connectivity index (χ0n) is 18.8. The van der Waals surface area contributed by atoms with Crippen LogP contribution in [-0.2, 0) is 13.8 Å². The summed E-state index contributed by atoms with van der Waals surface area (Å²) in [5, 5.41) is 4.17. The van der Waals surface area contributed by atoms with Crippen LogP contribution in [0.4, 0.5) is 0 Å². The lowest BCUT2D eigenvalue weighted by Gasteiger charge is -2.22. The maximum Gasteiger partial charge on any atom is 0.587 e. The van der Waals surface area contributed by atoms with Crippen molar-refractivity contribution in [3.05, 3.63) is 96.9 Å². The minimum absolute atomic E-state index is 0.106. The number of halogens is 1. The van der Waals surface area contributed by atoms with Crippen LogP contribution in [0.5, 0.6) is 11.5 Å². The zero-order valence-corrected chi connectivity index (χ0v) is 20.4. The van der Waals surface area contributed by atoms with Gasteiger partial charge in [0.1, 0.15) is 12.0 Å². The lowest BCUT2D eigenvalue weighted by Crippen LogP contribution is -2.33. The molecule has 15 heteroatoms. The molecule has 0 aliphatic carbocycles. The topological polar surface area (TPSA) is 170 Å². The molecular formula is C21H20ClN6O7P. The van der Waals surface area contributed by atoms with E-state index >= 15 is 0 Å². The summed E-state index contributed by atoms with van der Waals surface area (Å²) in [5.74, 6) is 0.292. The summed E-state index contributed by atoms with van der Waals surface area (Å²) in [6.45, 7) is 1.16. The van der Waals surface area contributed by atoms with E-state index in [1.165, 1.54) is 60.4 Å². The monoisotopic (exact) mass is 534 g/mol. The number of azide groups is 1. The molecule has 13 nitrogen and oxygen atoms in total. The number of aromatic amines is 1. The van der Waals surface area contributed by atoms with E-state index in [9.17, 15) is 14.2 Å². The summed E-state index contributed by atoms with van der Waals surface area (Å²) in [4.78, 5) is 32.9. The fraction of sp³-hybridized carbons (Fsp3) is 0.286. The number of phosphoric acid groups is 1. The third-order valence-electron chi connectivity index (χ3n) is 5.14. The Kier molecular flexibility index (Phi) is 7.78. The summed E-state index contributed by atoms with van der Waals surface area (Å²) in [6.07, 6.45) is 2.52. The molecule has 0 bridgehead atoms. The molecule has 3 heterocycles. The van der Waals surface area contributed by atoms with Gasteiger partial charge < -0.3 is 13.8 Å². The highest BCUT2D eigenvalue weighted by Crippen LogP contribution is 2.50. The van der Waals surface area contributed by atoms with E-state index in [0.29, 0.717) is 10.6 Å². The zero-order chi connectivity index (χ0) is 25.7. The van der Waals surface area contributed by atoms with Crippen molar-refractivity contribution in [3.8, 4) is 11.5 Å². The van der Waals surface area contributed by atoms with Crippen LogP contribution in [-0.4, -0.2) is 33.3 Å². The highest BCUT2D eigenvalue weighted by molar-refractivity contribution is 7.49. The molecule has 2 unspecified atom stereocenters. The first kappa shape index (κ1) is 25.5. The highest BCUT2D eigenvalue weighted by Gasteiger charge is 2.40. The van der Waals surface area contributed by atoms with Crippen molar-refractivity contribution in [1.82, 2.24) is 14.5 Å². The maximum atomic E-state index is 13.6. The van der Waals surface area contributed by atoms with Gasteiger partial charge in [-0.05, 0) is 48.9 Å². The standard InChI is InChI=1S/C21H20ClN6O7P/c1-13-11-28(21(30)25-20(13)29)19-9-17(26-27-23)18(33-19)12-32-36(31,35-16-3-2-8-24-10-16)34-15-6-4-14(22)5-7-15/h2-8,10-11,17-19H,9,12H2,1H3,(H,25,29,30)/t17?,18-,19-,36?/m1/s1. The van der Waals surface area contributed by atoms with Crippen molar-refractivity contribution < 1.29 is 22.9 Å². The Morgan fingerprint density at radius 2 is 2.03 bits per heavy atom. The molecule has 1 saturated heterocycles. The lowest BCUT2D eigenvalue weighted by molar-refractivity contribution is -0.0260. The summed E-state index contributed by atoms with van der Waals surface area (Å²) in [5.41, 5.74) is 8.09. The van der Waals surface area contributed by atoms with Crippen LogP contribution >= 0.6 is 19.4 Å². The van der Waals surface area contributed by atoms with Crippen LogP contribution in [0, 0.1) is 6.92 Å². The van der Waals surface area contributed by atoms with Gasteiger partial charge in [-0.3, -0.25) is 23.9 Å². The van der Waals surface area contributed by atoms with Gasteiger partial charge in [0, 0.05) is 34.3 Å². The molecule has 1 aromatic carbocycles. The molecule has 2 aromatic heterocycles. The quantitative estimate of drug-likeness (QED) is 0.185. The van der Waals surface area contributed by atoms with Crippen molar-refractivity contribution in [2.75, 3.05) is 6.61 Å². The van der Waals surface area contributed by atoms with E-state index in [1.807, 2.05) is 0 Å². The van der Waals surface area contributed by atoms with Gasteiger partial charge in [-0.1, -0.05) is 16.7 Å². The van der Waals surface area contributed by atoms with Crippen molar-refractivity contribution in [2.45, 2.75) is 31.7 Å². The molecule has 4 atom stereocenters. The van der Waals surface area contributed by atoms with E-state index in [4.69, 9.17) is 35.4 Å². The predicted molar refractivity (Wildman–Crippen MR) is 128 cm³/mol. The number of pyridine rings is 1. The Balaban J connectivity index is 1.55. The minimum Gasteiger partial charge on any atom is -0.395 e. The molecule has 1 aliphatic rings. The first-order chi connectivity index (χ1) is 17.3. The van der Waals surface area contributed by atoms with Crippen LogP contribution in [0.25, 0.3) is 10.4 Å². The summed E-state index contributed by atoms with van der Waals surface area (Å²) in [7, 11) is -4.31. The van der Waals surface area contributed by atoms with Gasteiger partial charge in [0.2, 0.25) is 0 Å². The number of nitrogens with zero attached hydrogens (tertiary/aromatic N) is 5. The smallest absolute Gasteiger partial charge is 0.395 e. The SMILES string of the molecule is Cc1cn([C@H]2CC(N=[N+]=[N-])[C@@H](COP(=O)(Oc3ccc(Cl)cc3)Oc3cccnc3)O2)c(=O)[nH]c1=O. The number of benzene rings is 1. The number of nitrogens with one attached hydrogen (secondary N) is 1. The molecule has 0 amide bonds. The highest BCUT2D eigenvalue weighted by atomic mass is 35.5. The minimum atomic E-state index is -4.31. The molecule has 1 aliphatic heterocycles. The normalized spacial score (nSPS) is 20.8. The number of ether oxygens (including phenoxy) is 1. The van der Waals surface area contributed by atoms with E-state index in [1.54, 1.807) is 6.07 Å². The molecule has 1 fully saturated rings. The van der Waals surface area contributed by atoms with Gasteiger partial charge in [0.05, 0.1) is 24.9 Å². The number of hydrogen-bond donors (Lipinski definition) is 1. The molecule has 36 heavy (non-hydrogen) atoms. The molecule has 0 spiro atoms. The van der Waals surface area contributed by atoms with Gasteiger partial charge in [-0.15, -0.1) is 0 Å². The predicted octanol–water partition coefficient (Wildman–Crippen LogP) is 4.14. The van der Waals surface area contributed by atoms with E-state index in [0.717, 1.165) is 0 Å². The molecular weight excluding hydrogens is 515 g/mol. The Bertz CT molecular complexity index is 1430. The maximum absolute atomic E-state index is 13.6. The number of phosphoric ester groups is 1. The van der Waals surface area contributed by atoms with Crippen LogP contribution < -0.4 is 20.3 Å². The molecule has 0 saturated carbocycles. The second-order valence-corrected chi connectivity index (χ2v) is 9.64. The fourth-order valence-electron chi connectivity index (χ4n) is 3.41. The number of aromatic nitrogens is 3. The molecule has 3 aromatic rings. The third kappa shape index (κ3) is 6.14. The van der Waals surface area contributed by atoms with Crippen LogP contribution in [0.2, 0.25) is 5.02 Å². The van der Waals surface area contributed by atoms with Crippen molar-refractivity contribution in [1.29, 1.82) is 0 Å². The van der Waals surface area contributed by atoms with E-state index in [-0.39, 0.29) is 24.5 Å². The number of aryl methyl sites for hydroxylation is 1. The first-order valence-corrected chi connectivity index (χ1v) is 12.4. The largest absolute Gasteiger partial charge is 0.587 e. The average Bonchev–Trinajstić information content (AvgIpc) is 3.25. The molecule has 4 rings (SSSR count). The van der Waals surface area contributed by atoms with Crippen molar-refractivity contribution in [3.63, 3.8) is 0 Å². The Morgan fingerprint density at radius 3 is 2.72 bits per heavy atom. The number of rotatable bonds is 9. The lowest BCUT2D eigenvalue weighted by atomic mass is 10.1. The summed E-state index contributed by atoms with van der Waals surface area (Å²) < 4.78 is 37.3. The number of H-pyrrole nitrogens is 1. The van der Waals surface area contributed by atoms with Gasteiger partial charge in [0.25, 0.3) is 5.56 Å². The number of hydrogen-bond acceptors (Lipinski definition) is 9. The molecule has 188 valence electrons. The second-order valence-electron chi connectivity index (χ2n) is 7.68. The second kappa shape index (κ2) is 11.0. The first-order valence-electron chi connectivity index (χ1n) is 10.6. The van der Waals surface area contributed by atoms with E-state index in [2.05, 4.69) is 20.0 Å². The van der Waals surface area contributed by atoms with Gasteiger partial charge >= 0.3 is 13.5 Å². The molecule has 1 N–H and O–H groups in total. The van der Waals surface area contributed by atoms with Gasteiger partial charge in [-0.25, -0.2) is 9.36 Å². The summed E-state index contributed by atoms with van der Waals surface area (Å²) >= 11 is 5.90. The average molecular weight is 535 g/mol. The molecule has 0 radical (unpaired) electrons. The Labute approximate surface area is 208 Å². The van der Waals surface area contributed by atoms with Gasteiger partial charge in [-0.2, -0.15) is 0 Å². The van der Waals surface area contributed by atoms with Crippen LogP contribution in [0.3, 0.4) is 0 Å². The van der Waals surface area contributed by atoms with Crippen LogP contribution in [0.1, 0.15) is 18.2 Å². The summed E-state index contributed by atoms with van der Waals surface area (Å²) in [6, 6.07) is 8.37. The van der Waals surface area contributed by atoms with Crippen molar-refractivity contribution in [2.24, 2.45) is 5.11 Å². The fourth-order valence-corrected chi connectivity index (χ4v) is 4.76. The van der Waals surface area contributed by atoms with Crippen LogP contribution in [0.15, 0.2) is 69.7 Å². The van der Waals surface area contributed by atoms with E-state index < -0.39 is 37.4 Å². The Morgan fingerprint density at radius 1 is 1.28 bits per heavy atom.